The van der Waals surface area contributed by atoms with Crippen molar-refractivity contribution in [2.24, 2.45) is 16.8 Å². The second-order valence-electron chi connectivity index (χ2n) is 5.20. The highest BCUT2D eigenvalue weighted by Crippen LogP contribution is 2.23. The van der Waals surface area contributed by atoms with Crippen LogP contribution >= 0.6 is 0 Å². The van der Waals surface area contributed by atoms with E-state index in [-0.39, 0.29) is 0 Å². The van der Waals surface area contributed by atoms with Gasteiger partial charge in [0.05, 0.1) is 6.61 Å². The summed E-state index contributed by atoms with van der Waals surface area (Å²) in [7, 11) is 3.57. The minimum atomic E-state index is 0.724. The first kappa shape index (κ1) is 14.3. The fourth-order valence-electron chi connectivity index (χ4n) is 2.48. The van der Waals surface area contributed by atoms with E-state index in [1.54, 1.807) is 7.11 Å². The van der Waals surface area contributed by atoms with Crippen molar-refractivity contribution in [1.82, 2.24) is 10.2 Å². The standard InChI is InChI=1S/C13H27N3O/c1-11(2)9-12-5-7-16(10-12)13(14-3)15-6-8-17-4/h11-12H,5-10H2,1-4H3,(H,14,15). The van der Waals surface area contributed by atoms with Gasteiger partial charge >= 0.3 is 0 Å². The number of hydrogen-bond acceptors (Lipinski definition) is 2. The van der Waals surface area contributed by atoms with Crippen molar-refractivity contribution in [1.29, 1.82) is 0 Å². The predicted molar refractivity (Wildman–Crippen MR) is 72.4 cm³/mol. The maximum atomic E-state index is 5.04. The van der Waals surface area contributed by atoms with Gasteiger partial charge in [-0.05, 0) is 24.7 Å². The normalized spacial score (nSPS) is 21.4. The zero-order valence-corrected chi connectivity index (χ0v) is 11.7. The number of likely N-dealkylation sites (tertiary alicyclic amines) is 1. The van der Waals surface area contributed by atoms with Gasteiger partial charge in [-0.25, -0.2) is 0 Å². The number of rotatable bonds is 5. The van der Waals surface area contributed by atoms with E-state index < -0.39 is 0 Å². The lowest BCUT2D eigenvalue weighted by molar-refractivity contribution is 0.203. The van der Waals surface area contributed by atoms with Gasteiger partial charge in [0.25, 0.3) is 0 Å². The van der Waals surface area contributed by atoms with Gasteiger partial charge in [-0.3, -0.25) is 4.99 Å². The minimum absolute atomic E-state index is 0.724. The molecule has 0 aromatic rings. The van der Waals surface area contributed by atoms with Crippen molar-refractivity contribution < 1.29 is 4.74 Å². The van der Waals surface area contributed by atoms with Crippen molar-refractivity contribution in [3.63, 3.8) is 0 Å². The number of hydrogen-bond donors (Lipinski definition) is 1. The molecule has 1 heterocycles. The molecule has 0 bridgehead atoms. The van der Waals surface area contributed by atoms with Crippen LogP contribution < -0.4 is 5.32 Å². The summed E-state index contributed by atoms with van der Waals surface area (Å²) in [5.74, 6) is 2.65. The van der Waals surface area contributed by atoms with Crippen molar-refractivity contribution in [3.05, 3.63) is 0 Å². The van der Waals surface area contributed by atoms with Crippen LogP contribution in [-0.2, 0) is 4.74 Å². The molecule has 0 radical (unpaired) electrons. The molecule has 4 heteroatoms. The topological polar surface area (TPSA) is 36.9 Å². The summed E-state index contributed by atoms with van der Waals surface area (Å²) in [6.07, 6.45) is 2.62. The largest absolute Gasteiger partial charge is 0.383 e. The number of ether oxygens (including phenoxy) is 1. The highest BCUT2D eigenvalue weighted by atomic mass is 16.5. The Bertz CT molecular complexity index is 241. The highest BCUT2D eigenvalue weighted by Gasteiger charge is 2.24. The maximum absolute atomic E-state index is 5.04. The molecule has 100 valence electrons. The molecule has 0 aliphatic carbocycles. The smallest absolute Gasteiger partial charge is 0.193 e. The molecule has 1 rings (SSSR count). The van der Waals surface area contributed by atoms with E-state index in [0.29, 0.717) is 0 Å². The lowest BCUT2D eigenvalue weighted by Gasteiger charge is -2.22. The molecule has 1 unspecified atom stereocenters. The molecular formula is C13H27N3O. The monoisotopic (exact) mass is 241 g/mol. The van der Waals surface area contributed by atoms with Crippen LogP contribution in [0.15, 0.2) is 4.99 Å². The molecule has 1 aliphatic rings. The summed E-state index contributed by atoms with van der Waals surface area (Å²) >= 11 is 0. The molecule has 4 nitrogen and oxygen atoms in total. The second-order valence-corrected chi connectivity index (χ2v) is 5.20. The van der Waals surface area contributed by atoms with E-state index in [4.69, 9.17) is 4.74 Å². The van der Waals surface area contributed by atoms with Crippen LogP contribution in [0.5, 0.6) is 0 Å². The molecule has 0 saturated carbocycles. The Balaban J connectivity index is 2.34. The van der Waals surface area contributed by atoms with Crippen LogP contribution in [0, 0.1) is 11.8 Å². The van der Waals surface area contributed by atoms with Crippen molar-refractivity contribution in [3.8, 4) is 0 Å². The molecule has 0 amide bonds. The van der Waals surface area contributed by atoms with Crippen LogP contribution in [0.4, 0.5) is 0 Å². The lowest BCUT2D eigenvalue weighted by Crippen LogP contribution is -2.41. The van der Waals surface area contributed by atoms with Crippen LogP contribution in [-0.4, -0.2) is 51.3 Å². The van der Waals surface area contributed by atoms with Crippen LogP contribution in [0.25, 0.3) is 0 Å². The SMILES string of the molecule is CN=C(NCCOC)N1CCC(CC(C)C)C1. The molecule has 1 aliphatic heterocycles. The fraction of sp³-hybridized carbons (Fsp3) is 0.923. The molecule has 0 aromatic carbocycles. The Kier molecular flexibility index (Phi) is 6.34. The molecule has 1 atom stereocenters. The van der Waals surface area contributed by atoms with Crippen molar-refractivity contribution in [2.45, 2.75) is 26.7 Å². The third kappa shape index (κ3) is 4.94. The Labute approximate surface area is 105 Å². The minimum Gasteiger partial charge on any atom is -0.383 e. The maximum Gasteiger partial charge on any atom is 0.193 e. The quantitative estimate of drug-likeness (QED) is 0.451. The highest BCUT2D eigenvalue weighted by molar-refractivity contribution is 5.80. The van der Waals surface area contributed by atoms with Gasteiger partial charge in [-0.15, -0.1) is 0 Å². The number of nitrogens with zero attached hydrogens (tertiary/aromatic N) is 2. The average molecular weight is 241 g/mol. The first-order valence-corrected chi connectivity index (χ1v) is 6.62. The summed E-state index contributed by atoms with van der Waals surface area (Å²) in [4.78, 5) is 6.70. The van der Waals surface area contributed by atoms with E-state index in [1.165, 1.54) is 12.8 Å². The molecule has 1 saturated heterocycles. The summed E-state index contributed by atoms with van der Waals surface area (Å²) in [5, 5.41) is 3.34. The molecule has 17 heavy (non-hydrogen) atoms. The van der Waals surface area contributed by atoms with Crippen LogP contribution in [0.1, 0.15) is 26.7 Å². The van der Waals surface area contributed by atoms with Gasteiger partial charge in [-0.1, -0.05) is 13.8 Å². The molecule has 0 spiro atoms. The molecule has 0 aromatic heterocycles. The van der Waals surface area contributed by atoms with E-state index >= 15 is 0 Å². The van der Waals surface area contributed by atoms with Crippen LogP contribution in [0.3, 0.4) is 0 Å². The Morgan fingerprint density at radius 2 is 2.29 bits per heavy atom. The third-order valence-corrected chi connectivity index (χ3v) is 3.19. The molecular weight excluding hydrogens is 214 g/mol. The van der Waals surface area contributed by atoms with Gasteiger partial charge in [0.15, 0.2) is 5.96 Å². The number of methoxy groups -OCH3 is 1. The number of aliphatic imine (C=N–C) groups is 1. The van der Waals surface area contributed by atoms with E-state index in [1.807, 2.05) is 7.05 Å². The number of guanidine groups is 1. The first-order chi connectivity index (χ1) is 8.17. The van der Waals surface area contributed by atoms with Gasteiger partial charge < -0.3 is 15.0 Å². The van der Waals surface area contributed by atoms with Crippen molar-refractivity contribution in [2.75, 3.05) is 40.4 Å². The van der Waals surface area contributed by atoms with Crippen molar-refractivity contribution >= 4 is 5.96 Å². The second kappa shape index (κ2) is 7.54. The lowest BCUT2D eigenvalue weighted by atomic mass is 9.97. The summed E-state index contributed by atoms with van der Waals surface area (Å²) in [6.45, 7) is 8.42. The van der Waals surface area contributed by atoms with E-state index in [0.717, 1.165) is 44.0 Å². The Hall–Kier alpha value is -0.770. The third-order valence-electron chi connectivity index (χ3n) is 3.19. The Morgan fingerprint density at radius 1 is 1.53 bits per heavy atom. The molecule has 1 N–H and O–H groups in total. The summed E-state index contributed by atoms with van der Waals surface area (Å²) in [6, 6.07) is 0. The van der Waals surface area contributed by atoms with Gasteiger partial charge in [0, 0.05) is 33.8 Å². The zero-order valence-electron chi connectivity index (χ0n) is 11.7. The van der Waals surface area contributed by atoms with Gasteiger partial charge in [0.2, 0.25) is 0 Å². The predicted octanol–water partition coefficient (Wildman–Crippen LogP) is 1.58. The zero-order chi connectivity index (χ0) is 12.7. The van der Waals surface area contributed by atoms with E-state index in [9.17, 15) is 0 Å². The molecule has 1 fully saturated rings. The van der Waals surface area contributed by atoms with E-state index in [2.05, 4.69) is 29.1 Å². The van der Waals surface area contributed by atoms with Crippen LogP contribution in [0.2, 0.25) is 0 Å². The van der Waals surface area contributed by atoms with Gasteiger partial charge in [0.1, 0.15) is 0 Å². The number of nitrogens with one attached hydrogen (secondary N) is 1. The Morgan fingerprint density at radius 3 is 2.88 bits per heavy atom. The van der Waals surface area contributed by atoms with Gasteiger partial charge in [-0.2, -0.15) is 0 Å². The average Bonchev–Trinajstić information content (AvgIpc) is 2.72. The summed E-state index contributed by atoms with van der Waals surface area (Å²) in [5.41, 5.74) is 0. The fourth-order valence-corrected chi connectivity index (χ4v) is 2.48. The summed E-state index contributed by atoms with van der Waals surface area (Å²) < 4.78 is 5.04. The first-order valence-electron chi connectivity index (χ1n) is 6.62.